The highest BCUT2D eigenvalue weighted by Crippen LogP contribution is 2.44. The topological polar surface area (TPSA) is 105 Å². The fourth-order valence-corrected chi connectivity index (χ4v) is 3.77. The van der Waals surface area contributed by atoms with Gasteiger partial charge in [-0.25, -0.2) is 4.79 Å². The minimum Gasteiger partial charge on any atom is -0.550 e. The molecular weight excluding hydrogens is 398 g/mol. The summed E-state index contributed by atoms with van der Waals surface area (Å²) in [5.74, 6) is -2.12. The maximum Gasteiger partial charge on any atom is 0.407 e. The number of alkyl carbamates (subject to hydrolysis) is 1. The number of hydrogen-bond acceptors (Lipinski definition) is 6. The Morgan fingerprint density at radius 2 is 1.52 bits per heavy atom. The fraction of sp³-hybridized carbons (Fsp3) is 0.375. The van der Waals surface area contributed by atoms with E-state index < -0.39 is 36.1 Å². The van der Waals surface area contributed by atoms with Crippen molar-refractivity contribution in [3.63, 3.8) is 0 Å². The van der Waals surface area contributed by atoms with E-state index in [0.717, 1.165) is 22.3 Å². The number of carboxylic acid groups (broad SMARTS) is 1. The van der Waals surface area contributed by atoms with Crippen molar-refractivity contribution < 1.29 is 29.0 Å². The van der Waals surface area contributed by atoms with E-state index >= 15 is 0 Å². The van der Waals surface area contributed by atoms with E-state index in [1.165, 1.54) is 0 Å². The summed E-state index contributed by atoms with van der Waals surface area (Å²) in [5, 5.41) is 13.5. The van der Waals surface area contributed by atoms with Crippen molar-refractivity contribution >= 4 is 18.0 Å². The lowest BCUT2D eigenvalue weighted by Gasteiger charge is -2.23. The van der Waals surface area contributed by atoms with Crippen molar-refractivity contribution in [1.82, 2.24) is 5.32 Å². The molecule has 3 rings (SSSR count). The van der Waals surface area contributed by atoms with Crippen LogP contribution in [0.15, 0.2) is 48.5 Å². The molecular formula is C24H26NO6-. The molecule has 2 aromatic carbocycles. The summed E-state index contributed by atoms with van der Waals surface area (Å²) in [6.07, 6.45) is -1.62. The lowest BCUT2D eigenvalue weighted by molar-refractivity contribution is -0.306. The van der Waals surface area contributed by atoms with Crippen LogP contribution in [0, 0.1) is 0 Å². The van der Waals surface area contributed by atoms with E-state index in [1.54, 1.807) is 20.8 Å². The van der Waals surface area contributed by atoms with Crippen LogP contribution in [0.5, 0.6) is 0 Å². The van der Waals surface area contributed by atoms with Gasteiger partial charge in [-0.1, -0.05) is 48.5 Å². The van der Waals surface area contributed by atoms with Crippen LogP contribution in [-0.4, -0.2) is 36.3 Å². The second-order valence-electron chi connectivity index (χ2n) is 8.53. The van der Waals surface area contributed by atoms with Crippen molar-refractivity contribution in [3.8, 4) is 11.1 Å². The molecule has 7 heteroatoms. The van der Waals surface area contributed by atoms with E-state index in [-0.39, 0.29) is 18.9 Å². The Balaban J connectivity index is 1.64. The summed E-state index contributed by atoms with van der Waals surface area (Å²) >= 11 is 0. The molecule has 0 saturated carbocycles. The molecule has 2 aromatic rings. The number of hydrogen-bond donors (Lipinski definition) is 1. The quantitative estimate of drug-likeness (QED) is 0.686. The fourth-order valence-electron chi connectivity index (χ4n) is 3.77. The van der Waals surface area contributed by atoms with Gasteiger partial charge in [-0.05, 0) is 43.0 Å². The first-order valence-corrected chi connectivity index (χ1v) is 10.2. The molecule has 31 heavy (non-hydrogen) atoms. The number of benzene rings is 2. The van der Waals surface area contributed by atoms with Gasteiger partial charge >= 0.3 is 12.1 Å². The number of ether oxygens (including phenoxy) is 2. The van der Waals surface area contributed by atoms with Gasteiger partial charge in [-0.15, -0.1) is 0 Å². The maximum atomic E-state index is 12.4. The Hall–Kier alpha value is -3.35. The highest BCUT2D eigenvalue weighted by molar-refractivity contribution is 5.79. The third-order valence-corrected chi connectivity index (χ3v) is 4.91. The molecule has 1 aliphatic rings. The third kappa shape index (κ3) is 5.84. The van der Waals surface area contributed by atoms with Crippen LogP contribution in [0.4, 0.5) is 4.79 Å². The molecule has 0 heterocycles. The van der Waals surface area contributed by atoms with Gasteiger partial charge in [0.15, 0.2) is 0 Å². The van der Waals surface area contributed by atoms with Gasteiger partial charge < -0.3 is 24.7 Å². The Morgan fingerprint density at radius 1 is 0.968 bits per heavy atom. The molecule has 1 amide bonds. The average molecular weight is 424 g/mol. The molecule has 0 bridgehead atoms. The first-order chi connectivity index (χ1) is 14.6. The largest absolute Gasteiger partial charge is 0.550 e. The molecule has 0 aromatic heterocycles. The molecule has 0 unspecified atom stereocenters. The first-order valence-electron chi connectivity index (χ1n) is 10.2. The second kappa shape index (κ2) is 9.20. The van der Waals surface area contributed by atoms with E-state index in [2.05, 4.69) is 5.32 Å². The van der Waals surface area contributed by atoms with Gasteiger partial charge in [0.2, 0.25) is 0 Å². The molecule has 0 saturated heterocycles. The van der Waals surface area contributed by atoms with E-state index in [1.807, 2.05) is 48.5 Å². The van der Waals surface area contributed by atoms with E-state index in [0.29, 0.717) is 0 Å². The molecule has 0 radical (unpaired) electrons. The smallest absolute Gasteiger partial charge is 0.407 e. The minimum atomic E-state index is -1.38. The Bertz CT molecular complexity index is 933. The van der Waals surface area contributed by atoms with Gasteiger partial charge in [0.05, 0.1) is 6.42 Å². The summed E-state index contributed by atoms with van der Waals surface area (Å²) in [4.78, 5) is 35.5. The van der Waals surface area contributed by atoms with Gasteiger partial charge in [0, 0.05) is 24.3 Å². The molecule has 1 N–H and O–H groups in total. The number of rotatable bonds is 7. The highest BCUT2D eigenvalue weighted by atomic mass is 16.6. The molecule has 0 aliphatic heterocycles. The number of carboxylic acids is 1. The number of carbonyl (C=O) groups excluding carboxylic acids is 3. The molecule has 1 aliphatic carbocycles. The Morgan fingerprint density at radius 3 is 2.03 bits per heavy atom. The van der Waals surface area contributed by atoms with Crippen LogP contribution in [0.2, 0.25) is 0 Å². The van der Waals surface area contributed by atoms with Crippen LogP contribution in [0.1, 0.15) is 50.7 Å². The number of carbonyl (C=O) groups is 3. The average Bonchev–Trinajstić information content (AvgIpc) is 2.98. The number of aliphatic carboxylic acids is 1. The molecule has 0 spiro atoms. The van der Waals surface area contributed by atoms with Crippen LogP contribution < -0.4 is 10.4 Å². The predicted octanol–water partition coefficient (Wildman–Crippen LogP) is 2.77. The molecule has 164 valence electrons. The zero-order valence-corrected chi connectivity index (χ0v) is 17.8. The third-order valence-electron chi connectivity index (χ3n) is 4.91. The predicted molar refractivity (Wildman–Crippen MR) is 112 cm³/mol. The number of nitrogens with one attached hydrogen (secondary N) is 1. The van der Waals surface area contributed by atoms with Crippen LogP contribution in [0.25, 0.3) is 11.1 Å². The monoisotopic (exact) mass is 424 g/mol. The SMILES string of the molecule is CC(C)(C)OC(=O)C[C@@H](CC(=O)[O-])NC(=O)OCC1c2ccccc2-c2ccccc21. The number of esters is 1. The number of amides is 1. The van der Waals surface area contributed by atoms with Crippen LogP contribution in [-0.2, 0) is 19.1 Å². The molecule has 1 atom stereocenters. The van der Waals surface area contributed by atoms with Gasteiger partial charge in [0.1, 0.15) is 12.2 Å². The minimum absolute atomic E-state index is 0.0876. The van der Waals surface area contributed by atoms with E-state index in [4.69, 9.17) is 9.47 Å². The summed E-state index contributed by atoms with van der Waals surface area (Å²) in [5.41, 5.74) is 3.62. The van der Waals surface area contributed by atoms with Gasteiger partial charge in [-0.3, -0.25) is 4.79 Å². The van der Waals surface area contributed by atoms with E-state index in [9.17, 15) is 19.5 Å². The Kier molecular flexibility index (Phi) is 6.63. The maximum absolute atomic E-state index is 12.4. The van der Waals surface area contributed by atoms with Crippen molar-refractivity contribution in [2.24, 2.45) is 0 Å². The number of fused-ring (bicyclic) bond motifs is 3. The van der Waals surface area contributed by atoms with Gasteiger partial charge in [-0.2, -0.15) is 0 Å². The summed E-state index contributed by atoms with van der Waals surface area (Å²) in [6, 6.07) is 14.9. The lowest BCUT2D eigenvalue weighted by atomic mass is 9.98. The zero-order chi connectivity index (χ0) is 22.6. The summed E-state index contributed by atoms with van der Waals surface area (Å²) in [7, 11) is 0. The Labute approximate surface area is 181 Å². The normalized spacial score (nSPS) is 13.6. The van der Waals surface area contributed by atoms with Crippen molar-refractivity contribution in [3.05, 3.63) is 59.7 Å². The van der Waals surface area contributed by atoms with Crippen LogP contribution in [0.3, 0.4) is 0 Å². The van der Waals surface area contributed by atoms with Crippen molar-refractivity contribution in [2.75, 3.05) is 6.61 Å². The van der Waals surface area contributed by atoms with Crippen molar-refractivity contribution in [1.29, 1.82) is 0 Å². The van der Waals surface area contributed by atoms with Crippen LogP contribution >= 0.6 is 0 Å². The van der Waals surface area contributed by atoms with Crippen molar-refractivity contribution in [2.45, 2.75) is 51.2 Å². The zero-order valence-electron chi connectivity index (χ0n) is 17.8. The van der Waals surface area contributed by atoms with Gasteiger partial charge in [0.25, 0.3) is 0 Å². The lowest BCUT2D eigenvalue weighted by Crippen LogP contribution is -2.42. The standard InChI is InChI=1S/C24H27NO6/c1-24(2,3)31-22(28)13-15(12-21(26)27)25-23(29)30-14-20-18-10-6-4-8-16(18)17-9-5-7-11-19(17)20/h4-11,15,20H,12-14H2,1-3H3,(H,25,29)(H,26,27)/p-1/t15-/m1/s1. The molecule has 7 nitrogen and oxygen atoms in total. The second-order valence-corrected chi connectivity index (χ2v) is 8.53. The molecule has 0 fully saturated rings. The summed E-state index contributed by atoms with van der Waals surface area (Å²) in [6.45, 7) is 5.21. The highest BCUT2D eigenvalue weighted by Gasteiger charge is 2.29. The summed E-state index contributed by atoms with van der Waals surface area (Å²) < 4.78 is 10.6. The first kappa shape index (κ1) is 22.3.